The Kier molecular flexibility index (Phi) is 5.09. The standard InChI is InChI=1S/C16H17ClN2O/c1-13-12-15(4-3-7-17)5-6-16(13)20-11-10-19-9-8-18-14(19)2/h5-6,8-9,12H,7,10-11H2,1-2H3. The number of imidazole rings is 1. The van der Waals surface area contributed by atoms with Gasteiger partial charge in [0.05, 0.1) is 12.4 Å². The molecule has 104 valence electrons. The first-order valence-electron chi connectivity index (χ1n) is 6.46. The average molecular weight is 289 g/mol. The first-order valence-corrected chi connectivity index (χ1v) is 7.00. The molecule has 0 saturated heterocycles. The van der Waals surface area contributed by atoms with Crippen LogP contribution in [0.5, 0.6) is 5.75 Å². The Morgan fingerprint density at radius 3 is 2.85 bits per heavy atom. The highest BCUT2D eigenvalue weighted by Crippen LogP contribution is 2.18. The quantitative estimate of drug-likeness (QED) is 0.638. The molecule has 0 fully saturated rings. The molecule has 0 radical (unpaired) electrons. The lowest BCUT2D eigenvalue weighted by atomic mass is 10.1. The van der Waals surface area contributed by atoms with Gasteiger partial charge in [-0.15, -0.1) is 11.6 Å². The summed E-state index contributed by atoms with van der Waals surface area (Å²) in [6.45, 7) is 5.41. The fourth-order valence-corrected chi connectivity index (χ4v) is 1.99. The van der Waals surface area contributed by atoms with Crippen molar-refractivity contribution in [3.8, 4) is 17.6 Å². The minimum Gasteiger partial charge on any atom is -0.491 e. The van der Waals surface area contributed by atoms with Crippen molar-refractivity contribution in [2.75, 3.05) is 12.5 Å². The predicted octanol–water partition coefficient (Wildman–Crippen LogP) is 3.17. The molecule has 0 atom stereocenters. The second-order valence-electron chi connectivity index (χ2n) is 4.43. The normalized spacial score (nSPS) is 9.95. The van der Waals surface area contributed by atoms with E-state index in [0.29, 0.717) is 12.5 Å². The van der Waals surface area contributed by atoms with Crippen LogP contribution in [0.2, 0.25) is 0 Å². The van der Waals surface area contributed by atoms with Gasteiger partial charge in [0, 0.05) is 18.0 Å². The number of rotatable bonds is 4. The number of nitrogens with zero attached hydrogens (tertiary/aromatic N) is 2. The molecule has 0 aliphatic heterocycles. The minimum absolute atomic E-state index is 0.349. The molecule has 0 bridgehead atoms. The largest absolute Gasteiger partial charge is 0.491 e. The van der Waals surface area contributed by atoms with Gasteiger partial charge in [0.25, 0.3) is 0 Å². The second-order valence-corrected chi connectivity index (χ2v) is 4.70. The number of halogens is 1. The van der Waals surface area contributed by atoms with Crippen LogP contribution < -0.4 is 4.74 Å². The molecule has 3 nitrogen and oxygen atoms in total. The Hall–Kier alpha value is -1.92. The third-order valence-corrected chi connectivity index (χ3v) is 3.12. The highest BCUT2D eigenvalue weighted by molar-refractivity contribution is 6.19. The molecule has 0 amide bonds. The molecule has 1 aromatic heterocycles. The van der Waals surface area contributed by atoms with Crippen LogP contribution in [0, 0.1) is 25.7 Å². The molecule has 0 aliphatic rings. The lowest BCUT2D eigenvalue weighted by Gasteiger charge is -2.10. The Balaban J connectivity index is 1.95. The van der Waals surface area contributed by atoms with Gasteiger partial charge >= 0.3 is 0 Å². The van der Waals surface area contributed by atoms with E-state index in [2.05, 4.69) is 21.4 Å². The smallest absolute Gasteiger partial charge is 0.122 e. The number of aryl methyl sites for hydroxylation is 2. The third-order valence-electron chi connectivity index (χ3n) is 2.99. The summed E-state index contributed by atoms with van der Waals surface area (Å²) >= 11 is 5.55. The maximum atomic E-state index is 5.80. The highest BCUT2D eigenvalue weighted by atomic mass is 35.5. The van der Waals surface area contributed by atoms with Crippen molar-refractivity contribution in [1.82, 2.24) is 9.55 Å². The van der Waals surface area contributed by atoms with Crippen molar-refractivity contribution >= 4 is 11.6 Å². The topological polar surface area (TPSA) is 27.1 Å². The lowest BCUT2D eigenvalue weighted by Crippen LogP contribution is -2.09. The summed E-state index contributed by atoms with van der Waals surface area (Å²) in [5.41, 5.74) is 2.04. The SMILES string of the molecule is Cc1cc(C#CCCl)ccc1OCCn1ccnc1C. The molecule has 4 heteroatoms. The zero-order valence-corrected chi connectivity index (χ0v) is 12.4. The van der Waals surface area contributed by atoms with Crippen LogP contribution in [0.4, 0.5) is 0 Å². The predicted molar refractivity (Wildman–Crippen MR) is 81.2 cm³/mol. The number of benzene rings is 1. The fourth-order valence-electron chi connectivity index (χ4n) is 1.92. The molecule has 20 heavy (non-hydrogen) atoms. The van der Waals surface area contributed by atoms with Crippen molar-refractivity contribution in [3.63, 3.8) is 0 Å². The summed E-state index contributed by atoms with van der Waals surface area (Å²) in [7, 11) is 0. The monoisotopic (exact) mass is 288 g/mol. The second kappa shape index (κ2) is 7.02. The molecule has 0 saturated carbocycles. The van der Waals surface area contributed by atoms with Crippen LogP contribution in [0.1, 0.15) is 17.0 Å². The van der Waals surface area contributed by atoms with Gasteiger partial charge in [0.1, 0.15) is 18.2 Å². The Labute approximate surface area is 124 Å². The van der Waals surface area contributed by atoms with E-state index in [0.717, 1.165) is 29.2 Å². The van der Waals surface area contributed by atoms with Crippen LogP contribution in [-0.2, 0) is 6.54 Å². The molecule has 0 spiro atoms. The van der Waals surface area contributed by atoms with Crippen LogP contribution in [0.25, 0.3) is 0 Å². The van der Waals surface area contributed by atoms with Crippen molar-refractivity contribution in [2.45, 2.75) is 20.4 Å². The van der Waals surface area contributed by atoms with Gasteiger partial charge in [-0.3, -0.25) is 0 Å². The minimum atomic E-state index is 0.349. The zero-order valence-electron chi connectivity index (χ0n) is 11.7. The van der Waals surface area contributed by atoms with Crippen LogP contribution in [0.3, 0.4) is 0 Å². The Morgan fingerprint density at radius 2 is 2.20 bits per heavy atom. The molecule has 0 N–H and O–H groups in total. The van der Waals surface area contributed by atoms with E-state index < -0.39 is 0 Å². The Morgan fingerprint density at radius 1 is 1.35 bits per heavy atom. The molecule has 1 aromatic carbocycles. The molecular weight excluding hydrogens is 272 g/mol. The zero-order chi connectivity index (χ0) is 14.4. The van der Waals surface area contributed by atoms with Gasteiger partial charge in [0.15, 0.2) is 0 Å². The fraction of sp³-hybridized carbons (Fsp3) is 0.312. The van der Waals surface area contributed by atoms with Crippen molar-refractivity contribution in [2.24, 2.45) is 0 Å². The third kappa shape index (κ3) is 3.79. The summed E-state index contributed by atoms with van der Waals surface area (Å²) in [5.74, 6) is 8.08. The highest BCUT2D eigenvalue weighted by Gasteiger charge is 2.01. The number of aromatic nitrogens is 2. The maximum Gasteiger partial charge on any atom is 0.122 e. The summed E-state index contributed by atoms with van der Waals surface area (Å²) in [4.78, 5) is 4.18. The van der Waals surface area contributed by atoms with E-state index in [4.69, 9.17) is 16.3 Å². The lowest BCUT2D eigenvalue weighted by molar-refractivity contribution is 0.295. The van der Waals surface area contributed by atoms with Crippen LogP contribution in [0.15, 0.2) is 30.6 Å². The van der Waals surface area contributed by atoms with Gasteiger partial charge in [-0.05, 0) is 37.6 Å². The maximum absolute atomic E-state index is 5.80. The molecule has 0 unspecified atom stereocenters. The summed E-state index contributed by atoms with van der Waals surface area (Å²) in [6, 6.07) is 5.91. The van der Waals surface area contributed by atoms with Gasteiger partial charge in [-0.1, -0.05) is 11.8 Å². The van der Waals surface area contributed by atoms with Crippen molar-refractivity contribution < 1.29 is 4.74 Å². The van der Waals surface area contributed by atoms with E-state index in [1.807, 2.05) is 38.2 Å². The first-order chi connectivity index (χ1) is 9.70. The summed E-state index contributed by atoms with van der Waals surface area (Å²) in [6.07, 6.45) is 3.75. The molecule has 0 aliphatic carbocycles. The van der Waals surface area contributed by atoms with E-state index in [1.54, 1.807) is 6.20 Å². The molecule has 1 heterocycles. The number of alkyl halides is 1. The van der Waals surface area contributed by atoms with Gasteiger partial charge < -0.3 is 9.30 Å². The van der Waals surface area contributed by atoms with Crippen molar-refractivity contribution in [1.29, 1.82) is 0 Å². The van der Waals surface area contributed by atoms with Crippen molar-refractivity contribution in [3.05, 3.63) is 47.5 Å². The number of ether oxygens (including phenoxy) is 1. The first kappa shape index (κ1) is 14.5. The molecule has 2 aromatic rings. The number of hydrogen-bond donors (Lipinski definition) is 0. The number of hydrogen-bond acceptors (Lipinski definition) is 2. The van der Waals surface area contributed by atoms with Gasteiger partial charge in [-0.2, -0.15) is 0 Å². The van der Waals surface area contributed by atoms with E-state index in [9.17, 15) is 0 Å². The van der Waals surface area contributed by atoms with E-state index in [-0.39, 0.29) is 0 Å². The van der Waals surface area contributed by atoms with Gasteiger partial charge in [0.2, 0.25) is 0 Å². The Bertz CT molecular complexity index is 637. The molecular formula is C16H17ClN2O. The summed E-state index contributed by atoms with van der Waals surface area (Å²) in [5, 5.41) is 0. The van der Waals surface area contributed by atoms with Crippen LogP contribution >= 0.6 is 11.6 Å². The summed E-state index contributed by atoms with van der Waals surface area (Å²) < 4.78 is 7.87. The van der Waals surface area contributed by atoms with E-state index in [1.165, 1.54) is 0 Å². The van der Waals surface area contributed by atoms with Gasteiger partial charge in [-0.25, -0.2) is 4.98 Å². The molecule has 2 rings (SSSR count). The van der Waals surface area contributed by atoms with Crippen LogP contribution in [-0.4, -0.2) is 22.0 Å². The van der Waals surface area contributed by atoms with E-state index >= 15 is 0 Å². The average Bonchev–Trinajstić information content (AvgIpc) is 2.84.